The van der Waals surface area contributed by atoms with E-state index in [9.17, 15) is 22.8 Å². The molecule has 11 heteroatoms. The number of carbonyl (C=O) groups excluding carboxylic acids is 3. The Morgan fingerprint density at radius 2 is 0.706 bits per heavy atom. The molecule has 9 fully saturated rings. The van der Waals surface area contributed by atoms with E-state index in [1.54, 1.807) is 0 Å². The highest BCUT2D eigenvalue weighted by Gasteiger charge is 2.89. The molecule has 3 aliphatic carbocycles. The van der Waals surface area contributed by atoms with Gasteiger partial charge in [0.05, 0.1) is 42.8 Å². The number of rotatable bonds is 3. The van der Waals surface area contributed by atoms with Gasteiger partial charge in [0, 0.05) is 85.7 Å². The predicted molar refractivity (Wildman–Crippen MR) is 281 cm³/mol. The van der Waals surface area contributed by atoms with Crippen LogP contribution >= 0.6 is 11.8 Å². The second-order valence-electron chi connectivity index (χ2n) is 31.8. The first-order valence-corrected chi connectivity index (χ1v) is 29.4. The predicted octanol–water partition coefficient (Wildman–Crippen LogP) is 10.7. The molecule has 6 atom stereocenters. The summed E-state index contributed by atoms with van der Waals surface area (Å²) in [4.78, 5) is 46.7. The smallest absolute Gasteiger partial charge is 0.155 e. The number of fused-ring (bicyclic) bond motifs is 3. The third-order valence-electron chi connectivity index (χ3n) is 21.9. The summed E-state index contributed by atoms with van der Waals surface area (Å²) < 4.78 is 29.5. The zero-order valence-corrected chi connectivity index (χ0v) is 49.5. The van der Waals surface area contributed by atoms with Gasteiger partial charge in [-0.3, -0.25) is 29.1 Å². The second kappa shape index (κ2) is 15.1. The number of hydrogen-bond acceptors (Lipinski definition) is 10. The Hall–Kier alpha value is -0.850. The Labute approximate surface area is 420 Å². The van der Waals surface area contributed by atoms with Crippen molar-refractivity contribution in [3.8, 4) is 0 Å². The van der Waals surface area contributed by atoms with Crippen molar-refractivity contribution in [3.63, 3.8) is 0 Å². The Kier molecular flexibility index (Phi) is 12.2. The summed E-state index contributed by atoms with van der Waals surface area (Å²) in [7, 11) is -2.88. The van der Waals surface area contributed by atoms with E-state index in [1.165, 1.54) is 11.5 Å². The van der Waals surface area contributed by atoms with Crippen molar-refractivity contribution in [2.24, 2.45) is 65.0 Å². The highest BCUT2D eigenvalue weighted by molar-refractivity contribution is 8.00. The highest BCUT2D eigenvalue weighted by atomic mass is 32.2. The lowest BCUT2D eigenvalue weighted by atomic mass is 9.81. The van der Waals surface area contributed by atoms with Crippen LogP contribution in [0.2, 0.25) is 0 Å². The van der Waals surface area contributed by atoms with Crippen molar-refractivity contribution >= 4 is 38.9 Å². The topological polar surface area (TPSA) is 104 Å². The maximum Gasteiger partial charge on any atom is 0.155 e. The normalized spacial score (nSPS) is 36.7. The van der Waals surface area contributed by atoms with Crippen LogP contribution < -0.4 is 0 Å². The number of likely N-dealkylation sites (tertiary alicyclic amines) is 3. The lowest BCUT2D eigenvalue weighted by molar-refractivity contribution is -0.133. The van der Waals surface area contributed by atoms with Crippen molar-refractivity contribution in [2.75, 3.05) is 55.9 Å². The fourth-order valence-corrected chi connectivity index (χ4v) is 21.0. The van der Waals surface area contributed by atoms with Crippen molar-refractivity contribution in [1.82, 2.24) is 14.7 Å². The molecule has 3 saturated carbocycles. The van der Waals surface area contributed by atoms with Gasteiger partial charge in [-0.25, -0.2) is 8.42 Å². The molecule has 0 aromatic carbocycles. The van der Waals surface area contributed by atoms with Crippen LogP contribution in [-0.2, 0) is 29.0 Å². The minimum absolute atomic E-state index is 0.0122. The number of carbonyl (C=O) groups is 3. The fourth-order valence-electron chi connectivity index (χ4n) is 16.4. The van der Waals surface area contributed by atoms with Crippen LogP contribution in [0.4, 0.5) is 0 Å². The first kappa shape index (κ1) is 54.9. The number of sulfone groups is 1. The third-order valence-corrected chi connectivity index (χ3v) is 25.1. The number of thioether (sulfide) groups is 1. The molecule has 9 rings (SSSR count). The molecule has 9 nitrogen and oxygen atoms in total. The quantitative estimate of drug-likeness (QED) is 0.272. The summed E-state index contributed by atoms with van der Waals surface area (Å²) in [5, 5.41) is 0. The molecule has 9 aliphatic rings. The van der Waals surface area contributed by atoms with Crippen LogP contribution in [0.25, 0.3) is 0 Å². The van der Waals surface area contributed by atoms with Gasteiger partial charge in [-0.2, -0.15) is 11.8 Å². The lowest BCUT2D eigenvalue weighted by Crippen LogP contribution is -2.50. The van der Waals surface area contributed by atoms with Crippen molar-refractivity contribution < 1.29 is 27.5 Å². The molecule has 6 heterocycles. The van der Waals surface area contributed by atoms with Gasteiger partial charge in [0.1, 0.15) is 0 Å². The van der Waals surface area contributed by atoms with Crippen LogP contribution in [0.15, 0.2) is 0 Å². The Morgan fingerprint density at radius 1 is 0.441 bits per heavy atom. The summed E-state index contributed by atoms with van der Waals surface area (Å²) in [6, 6.07) is 0.0513. The van der Waals surface area contributed by atoms with Gasteiger partial charge in [0.15, 0.2) is 27.2 Å². The van der Waals surface area contributed by atoms with E-state index in [4.69, 9.17) is 4.74 Å². The molecule has 0 N–H and O–H groups in total. The molecule has 390 valence electrons. The van der Waals surface area contributed by atoms with Crippen LogP contribution in [0.5, 0.6) is 0 Å². The van der Waals surface area contributed by atoms with Gasteiger partial charge in [-0.1, -0.05) is 104 Å². The summed E-state index contributed by atoms with van der Waals surface area (Å²) in [6.07, 6.45) is 2.90. The Balaban J connectivity index is 0.000000151. The average molecular weight is 987 g/mol. The van der Waals surface area contributed by atoms with Gasteiger partial charge in [0.2, 0.25) is 0 Å². The maximum absolute atomic E-state index is 13.1. The van der Waals surface area contributed by atoms with E-state index in [2.05, 4.69) is 172 Å². The number of hydrogen-bond donors (Lipinski definition) is 0. The molecule has 0 aromatic heterocycles. The minimum Gasteiger partial charge on any atom is -0.380 e. The van der Waals surface area contributed by atoms with Crippen molar-refractivity contribution in [3.05, 3.63) is 0 Å². The summed E-state index contributed by atoms with van der Waals surface area (Å²) in [6.45, 7) is 57.3. The molecule has 0 bridgehead atoms. The van der Waals surface area contributed by atoms with Gasteiger partial charge in [-0.05, 0) is 109 Å². The molecule has 6 aliphatic heterocycles. The molecule has 0 amide bonds. The zero-order valence-electron chi connectivity index (χ0n) is 47.8. The van der Waals surface area contributed by atoms with E-state index in [0.717, 1.165) is 52.1 Å². The largest absolute Gasteiger partial charge is 0.380 e. The maximum atomic E-state index is 13.1. The molecule has 6 spiro atoms. The van der Waals surface area contributed by atoms with E-state index in [1.807, 2.05) is 20.8 Å². The monoisotopic (exact) mass is 986 g/mol. The molecular formula is C57H99N3O6S2. The third kappa shape index (κ3) is 7.26. The summed E-state index contributed by atoms with van der Waals surface area (Å²) >= 11 is 2.09. The highest BCUT2D eigenvalue weighted by Crippen LogP contribution is 2.88. The molecule has 0 aromatic rings. The molecule has 0 unspecified atom stereocenters. The van der Waals surface area contributed by atoms with E-state index >= 15 is 0 Å². The van der Waals surface area contributed by atoms with E-state index in [0.29, 0.717) is 44.7 Å². The van der Waals surface area contributed by atoms with Gasteiger partial charge in [0.25, 0.3) is 0 Å². The van der Waals surface area contributed by atoms with Crippen molar-refractivity contribution in [2.45, 2.75) is 220 Å². The number of ketones is 3. The molecule has 0 radical (unpaired) electrons. The molecular weight excluding hydrogens is 887 g/mol. The zero-order chi connectivity index (χ0) is 52.1. The Bertz CT molecular complexity index is 2090. The number of ether oxygens (including phenoxy) is 1. The van der Waals surface area contributed by atoms with Crippen LogP contribution in [0.3, 0.4) is 0 Å². The Morgan fingerprint density at radius 3 is 0.897 bits per heavy atom. The first-order chi connectivity index (χ1) is 30.1. The van der Waals surface area contributed by atoms with Gasteiger partial charge < -0.3 is 4.74 Å². The van der Waals surface area contributed by atoms with Gasteiger partial charge >= 0.3 is 0 Å². The van der Waals surface area contributed by atoms with Crippen molar-refractivity contribution in [1.29, 1.82) is 0 Å². The SMILES string of the molecule is CC(C)(C)C(=O)[C@@H]1C[C@@]2(CN1C(C)(C)C)C(C)(C)C21CS(=O)(=O)C1.CC(C)(C)C(=O)[C@@H]1C[C@]2(CN1C(C)(C)C)C(C)(C)C21COC1.CC(C)(C)C(=O)[C@@H]1C[C@]2(CN1C(C)(C)C)C(C)(C)C21CSC1. The van der Waals surface area contributed by atoms with Crippen LogP contribution in [0, 0.1) is 65.0 Å². The van der Waals surface area contributed by atoms with Crippen LogP contribution in [-0.4, -0.2) is 131 Å². The first-order valence-electron chi connectivity index (χ1n) is 26.4. The number of Topliss-reactive ketones (excluding diaryl/α,β-unsaturated/α-hetero) is 3. The summed E-state index contributed by atoms with van der Waals surface area (Å²) in [5.41, 5.74) is 1.04. The van der Waals surface area contributed by atoms with Gasteiger partial charge in [-0.15, -0.1) is 0 Å². The lowest BCUT2D eigenvalue weighted by Gasteiger charge is -2.38. The molecule has 6 saturated heterocycles. The summed E-state index contributed by atoms with van der Waals surface area (Å²) in [5.74, 6) is 4.34. The molecule has 68 heavy (non-hydrogen) atoms. The standard InChI is InChI=1S/C19H33NO3S.C19H33NO2.C19H33NOS/c1-15(2,3)14(21)13-9-18(10-20(13)16(4,5)6)17(7,8)19(18)11-24(22,23)12-19;2*1-15(2,3)14(21)13-9-18(10-20(13)16(4,5)6)17(7,8)19(18)11-22-12-19/h13H,9-12H2,1-8H3;2*13H,9-12H2,1-8H3/t13-,18+;2*13-,18-/m000/s1. The minimum atomic E-state index is -2.88. The fraction of sp³-hybridized carbons (Fsp3) is 0.947. The average Bonchev–Trinajstić information content (AvgIpc) is 3.56. The second-order valence-corrected chi connectivity index (χ2v) is 34.8. The number of nitrogens with zero attached hydrogens (tertiary/aromatic N) is 3. The van der Waals surface area contributed by atoms with Crippen LogP contribution in [0.1, 0.15) is 185 Å². The van der Waals surface area contributed by atoms with E-state index in [-0.39, 0.29) is 83.8 Å². The van der Waals surface area contributed by atoms with E-state index < -0.39 is 9.84 Å².